The first kappa shape index (κ1) is 14.9. The normalized spacial score (nSPS) is 10.9. The van der Waals surface area contributed by atoms with E-state index in [0.29, 0.717) is 22.6 Å². The van der Waals surface area contributed by atoms with Gasteiger partial charge in [0.2, 0.25) is 0 Å². The maximum atomic E-state index is 13.1. The molecule has 8 heteroatoms. The molecule has 0 N–H and O–H groups in total. The Morgan fingerprint density at radius 1 is 1.04 bits per heavy atom. The minimum absolute atomic E-state index is 0.252. The van der Waals surface area contributed by atoms with Crippen molar-refractivity contribution in [2.75, 3.05) is 0 Å². The lowest BCUT2D eigenvalue weighted by Gasteiger charge is -2.01. The molecule has 0 aliphatic carbocycles. The highest BCUT2D eigenvalue weighted by Gasteiger charge is 2.18. The molecular formula is C17H10FN5O2. The third-order valence-corrected chi connectivity index (χ3v) is 3.72. The molecule has 4 aromatic rings. The van der Waals surface area contributed by atoms with E-state index < -0.39 is 4.92 Å². The highest BCUT2D eigenvalue weighted by Crippen LogP contribution is 2.27. The second kappa shape index (κ2) is 5.75. The minimum atomic E-state index is -0.540. The van der Waals surface area contributed by atoms with Crippen LogP contribution >= 0.6 is 0 Å². The molecule has 7 nitrogen and oxygen atoms in total. The lowest BCUT2D eigenvalue weighted by Crippen LogP contribution is -1.94. The SMILES string of the molecule is O=[N+]([O-])c1ncccc1-c1cn2cc(-c3ccc(F)cc3)ncc2n1. The van der Waals surface area contributed by atoms with Gasteiger partial charge in [0, 0.05) is 18.0 Å². The number of nitro groups is 1. The molecule has 0 aliphatic heterocycles. The monoisotopic (exact) mass is 335 g/mol. The number of fused-ring (bicyclic) bond motifs is 1. The zero-order valence-corrected chi connectivity index (χ0v) is 12.7. The Kier molecular flexibility index (Phi) is 3.42. The van der Waals surface area contributed by atoms with Crippen molar-refractivity contribution in [3.05, 3.63) is 77.1 Å². The lowest BCUT2D eigenvalue weighted by molar-refractivity contribution is -0.388. The number of halogens is 1. The maximum Gasteiger partial charge on any atom is 0.372 e. The summed E-state index contributed by atoms with van der Waals surface area (Å²) >= 11 is 0. The second-order valence-corrected chi connectivity index (χ2v) is 5.30. The van der Waals surface area contributed by atoms with Crippen LogP contribution in [0.1, 0.15) is 0 Å². The summed E-state index contributed by atoms with van der Waals surface area (Å²) in [7, 11) is 0. The van der Waals surface area contributed by atoms with E-state index in [2.05, 4.69) is 15.0 Å². The summed E-state index contributed by atoms with van der Waals surface area (Å²) in [5, 5.41) is 11.1. The first-order valence-corrected chi connectivity index (χ1v) is 7.32. The fraction of sp³-hybridized carbons (Fsp3) is 0. The molecule has 3 aromatic heterocycles. The molecule has 0 radical (unpaired) electrons. The molecule has 0 fully saturated rings. The number of hydrogen-bond donors (Lipinski definition) is 0. The van der Waals surface area contributed by atoms with Crippen LogP contribution < -0.4 is 0 Å². The van der Waals surface area contributed by atoms with E-state index in [-0.39, 0.29) is 11.6 Å². The summed E-state index contributed by atoms with van der Waals surface area (Å²) in [6.07, 6.45) is 6.34. The van der Waals surface area contributed by atoms with Crippen LogP contribution in [0.4, 0.5) is 10.2 Å². The van der Waals surface area contributed by atoms with Gasteiger partial charge in [-0.25, -0.2) is 9.37 Å². The molecule has 0 spiro atoms. The van der Waals surface area contributed by atoms with Crippen molar-refractivity contribution in [2.45, 2.75) is 0 Å². The minimum Gasteiger partial charge on any atom is -0.358 e. The van der Waals surface area contributed by atoms with Crippen LogP contribution in [0.2, 0.25) is 0 Å². The highest BCUT2D eigenvalue weighted by molar-refractivity contribution is 5.70. The Morgan fingerprint density at radius 2 is 1.80 bits per heavy atom. The van der Waals surface area contributed by atoms with Gasteiger partial charge in [0.15, 0.2) is 5.65 Å². The Bertz CT molecular complexity index is 1090. The quantitative estimate of drug-likeness (QED) is 0.422. The fourth-order valence-electron chi connectivity index (χ4n) is 2.54. The first-order valence-electron chi connectivity index (χ1n) is 7.32. The van der Waals surface area contributed by atoms with E-state index in [1.807, 2.05) is 0 Å². The first-order chi connectivity index (χ1) is 12.1. The van der Waals surface area contributed by atoms with E-state index >= 15 is 0 Å². The molecule has 0 saturated carbocycles. The zero-order chi connectivity index (χ0) is 17.4. The van der Waals surface area contributed by atoms with Crippen molar-refractivity contribution in [1.29, 1.82) is 0 Å². The number of nitrogens with zero attached hydrogens (tertiary/aromatic N) is 5. The molecule has 0 atom stereocenters. The average molecular weight is 335 g/mol. The van der Waals surface area contributed by atoms with Crippen LogP contribution in [0.3, 0.4) is 0 Å². The van der Waals surface area contributed by atoms with Gasteiger partial charge in [0.1, 0.15) is 12.0 Å². The van der Waals surface area contributed by atoms with Crippen LogP contribution in [0.5, 0.6) is 0 Å². The van der Waals surface area contributed by atoms with Crippen LogP contribution in [-0.4, -0.2) is 24.3 Å². The van der Waals surface area contributed by atoms with Crippen molar-refractivity contribution in [2.24, 2.45) is 0 Å². The Morgan fingerprint density at radius 3 is 2.56 bits per heavy atom. The Balaban J connectivity index is 1.81. The lowest BCUT2D eigenvalue weighted by atomic mass is 10.1. The van der Waals surface area contributed by atoms with Crippen LogP contribution in [0.25, 0.3) is 28.2 Å². The molecule has 0 saturated heterocycles. The number of pyridine rings is 1. The molecule has 0 aliphatic rings. The molecule has 1 aromatic carbocycles. The molecule has 3 heterocycles. The van der Waals surface area contributed by atoms with Gasteiger partial charge in [0.25, 0.3) is 0 Å². The van der Waals surface area contributed by atoms with Crippen LogP contribution in [0, 0.1) is 15.9 Å². The number of rotatable bonds is 3. The van der Waals surface area contributed by atoms with Gasteiger partial charge in [-0.1, -0.05) is 0 Å². The number of hydrogen-bond acceptors (Lipinski definition) is 5. The Labute approximate surface area is 140 Å². The number of benzene rings is 1. The van der Waals surface area contributed by atoms with Crippen molar-refractivity contribution in [3.63, 3.8) is 0 Å². The standard InChI is InChI=1S/C17H10FN5O2/c18-12-5-3-11(4-6-12)14-9-22-10-15(21-16(22)8-20-14)13-2-1-7-19-17(13)23(24)25/h1-10H. The summed E-state index contributed by atoms with van der Waals surface area (Å²) in [5.41, 5.74) is 2.69. The van der Waals surface area contributed by atoms with E-state index in [9.17, 15) is 14.5 Å². The molecule has 0 bridgehead atoms. The predicted molar refractivity (Wildman–Crippen MR) is 88.3 cm³/mol. The van der Waals surface area contributed by atoms with Gasteiger partial charge in [0.05, 0.1) is 23.1 Å². The van der Waals surface area contributed by atoms with Crippen LogP contribution in [0.15, 0.2) is 61.2 Å². The van der Waals surface area contributed by atoms with Gasteiger partial charge in [-0.05, 0) is 46.3 Å². The van der Waals surface area contributed by atoms with Gasteiger partial charge in [-0.2, -0.15) is 0 Å². The van der Waals surface area contributed by atoms with Gasteiger partial charge in [-0.3, -0.25) is 4.98 Å². The van der Waals surface area contributed by atoms with Crippen molar-refractivity contribution >= 4 is 11.5 Å². The molecule has 0 amide bonds. The van der Waals surface area contributed by atoms with Crippen LogP contribution in [-0.2, 0) is 0 Å². The van der Waals surface area contributed by atoms with Crippen molar-refractivity contribution in [1.82, 2.24) is 19.4 Å². The Hall–Kier alpha value is -3.68. The third-order valence-electron chi connectivity index (χ3n) is 3.72. The highest BCUT2D eigenvalue weighted by atomic mass is 19.1. The largest absolute Gasteiger partial charge is 0.372 e. The van der Waals surface area contributed by atoms with E-state index in [0.717, 1.165) is 5.56 Å². The summed E-state index contributed by atoms with van der Waals surface area (Å²) < 4.78 is 14.8. The van der Waals surface area contributed by atoms with E-state index in [1.54, 1.807) is 47.3 Å². The molecule has 122 valence electrons. The van der Waals surface area contributed by atoms with E-state index in [4.69, 9.17) is 0 Å². The van der Waals surface area contributed by atoms with E-state index in [1.165, 1.54) is 18.3 Å². The molecule has 0 unspecified atom stereocenters. The number of imidazole rings is 1. The summed E-state index contributed by atoms with van der Waals surface area (Å²) in [4.78, 5) is 23.1. The summed E-state index contributed by atoms with van der Waals surface area (Å²) in [6.45, 7) is 0. The molecule has 25 heavy (non-hydrogen) atoms. The fourth-order valence-corrected chi connectivity index (χ4v) is 2.54. The second-order valence-electron chi connectivity index (χ2n) is 5.30. The number of aromatic nitrogens is 4. The van der Waals surface area contributed by atoms with Crippen molar-refractivity contribution in [3.8, 4) is 22.5 Å². The summed E-state index contributed by atoms with van der Waals surface area (Å²) in [6, 6.07) is 9.20. The topological polar surface area (TPSA) is 86.2 Å². The molecule has 4 rings (SSSR count). The third kappa shape index (κ3) is 2.69. The molecular weight excluding hydrogens is 325 g/mol. The zero-order valence-electron chi connectivity index (χ0n) is 12.7. The van der Waals surface area contributed by atoms with Gasteiger partial charge >= 0.3 is 5.82 Å². The predicted octanol–water partition coefficient (Wildman–Crippen LogP) is 3.51. The smallest absolute Gasteiger partial charge is 0.358 e. The van der Waals surface area contributed by atoms with Gasteiger partial charge < -0.3 is 14.5 Å². The van der Waals surface area contributed by atoms with Crippen molar-refractivity contribution < 1.29 is 9.31 Å². The van der Waals surface area contributed by atoms with Gasteiger partial charge in [-0.15, -0.1) is 0 Å². The summed E-state index contributed by atoms with van der Waals surface area (Å²) in [5.74, 6) is -0.573. The maximum absolute atomic E-state index is 13.1. The average Bonchev–Trinajstić information content (AvgIpc) is 3.05.